The van der Waals surface area contributed by atoms with Crippen molar-refractivity contribution in [2.45, 2.75) is 56.4 Å². The highest BCUT2D eigenvalue weighted by molar-refractivity contribution is 5.97. The number of hydrogen-bond acceptors (Lipinski definition) is 9. The van der Waals surface area contributed by atoms with Crippen LogP contribution in [0.1, 0.15) is 24.5 Å². The molecule has 0 saturated carbocycles. The molecule has 1 heterocycles. The number of benzene rings is 2. The van der Waals surface area contributed by atoms with Gasteiger partial charge in [0, 0.05) is 19.4 Å². The molecule has 0 radical (unpaired) electrons. The number of rotatable bonds is 9. The number of aliphatic hydroxyl groups is 3. The lowest BCUT2D eigenvalue weighted by Crippen LogP contribution is -2.62. The van der Waals surface area contributed by atoms with Gasteiger partial charge in [-0.2, -0.15) is 0 Å². The molecule has 254 valence electrons. The second-order valence-electron chi connectivity index (χ2n) is 11.2. The SMILES string of the molecule is C[C@@H](CCO)[C@@H]1NC(=O)[C@H](CO)NC(=O)CNC(=O)[C@H](CO)NC(=O)[C@H](Cc2ccccc2)NC(=O)[C@H](Cc2ccccc2)NC1=O. The van der Waals surface area contributed by atoms with E-state index in [2.05, 4.69) is 31.9 Å². The average molecular weight is 655 g/mol. The summed E-state index contributed by atoms with van der Waals surface area (Å²) in [6.45, 7) is -1.10. The number of carbonyl (C=O) groups is 6. The Kier molecular flexibility index (Phi) is 14.3. The molecule has 2 aromatic rings. The van der Waals surface area contributed by atoms with Crippen molar-refractivity contribution in [3.8, 4) is 0 Å². The van der Waals surface area contributed by atoms with E-state index in [0.29, 0.717) is 11.1 Å². The highest BCUT2D eigenvalue weighted by Gasteiger charge is 2.35. The minimum atomic E-state index is -1.52. The van der Waals surface area contributed by atoms with Gasteiger partial charge in [-0.1, -0.05) is 67.6 Å². The van der Waals surface area contributed by atoms with E-state index in [4.69, 9.17) is 0 Å². The van der Waals surface area contributed by atoms with Gasteiger partial charge in [0.25, 0.3) is 0 Å². The molecule has 0 unspecified atom stereocenters. The van der Waals surface area contributed by atoms with Gasteiger partial charge in [0.1, 0.15) is 30.2 Å². The number of aliphatic hydroxyl groups excluding tert-OH is 3. The Morgan fingerprint density at radius 3 is 1.53 bits per heavy atom. The Morgan fingerprint density at radius 2 is 1.04 bits per heavy atom. The van der Waals surface area contributed by atoms with Crippen LogP contribution in [0, 0.1) is 5.92 Å². The first-order valence-corrected chi connectivity index (χ1v) is 15.2. The maximum atomic E-state index is 13.9. The molecule has 6 atom stereocenters. The molecule has 0 spiro atoms. The van der Waals surface area contributed by atoms with E-state index in [9.17, 15) is 44.1 Å². The van der Waals surface area contributed by atoms with Gasteiger partial charge in [-0.3, -0.25) is 28.8 Å². The van der Waals surface area contributed by atoms with Crippen LogP contribution >= 0.6 is 0 Å². The quantitative estimate of drug-likeness (QED) is 0.134. The van der Waals surface area contributed by atoms with Crippen LogP contribution in [0.3, 0.4) is 0 Å². The van der Waals surface area contributed by atoms with Crippen molar-refractivity contribution >= 4 is 35.4 Å². The Morgan fingerprint density at radius 1 is 0.596 bits per heavy atom. The topological polar surface area (TPSA) is 235 Å². The van der Waals surface area contributed by atoms with Crippen molar-refractivity contribution in [2.24, 2.45) is 5.92 Å². The summed E-state index contributed by atoms with van der Waals surface area (Å²) >= 11 is 0. The van der Waals surface area contributed by atoms with E-state index in [1.807, 2.05) is 0 Å². The molecular formula is C32H42N6O9. The fourth-order valence-corrected chi connectivity index (χ4v) is 4.94. The zero-order valence-corrected chi connectivity index (χ0v) is 26.0. The van der Waals surface area contributed by atoms with Crippen LogP contribution in [0.15, 0.2) is 60.7 Å². The van der Waals surface area contributed by atoms with Gasteiger partial charge in [0.05, 0.1) is 19.8 Å². The molecule has 9 N–H and O–H groups in total. The van der Waals surface area contributed by atoms with Crippen LogP contribution in [0.2, 0.25) is 0 Å². The molecule has 1 fully saturated rings. The number of nitrogens with one attached hydrogen (secondary N) is 6. The maximum Gasteiger partial charge on any atom is 0.245 e. The third-order valence-corrected chi connectivity index (χ3v) is 7.64. The summed E-state index contributed by atoms with van der Waals surface area (Å²) in [5.41, 5.74) is 1.34. The normalized spacial score (nSPS) is 24.3. The van der Waals surface area contributed by atoms with Crippen LogP contribution in [0.5, 0.6) is 0 Å². The summed E-state index contributed by atoms with van der Waals surface area (Å²) in [7, 11) is 0. The molecule has 15 nitrogen and oxygen atoms in total. The smallest absolute Gasteiger partial charge is 0.245 e. The summed E-state index contributed by atoms with van der Waals surface area (Å²) in [5.74, 6) is -5.71. The Labute approximate surface area is 271 Å². The summed E-state index contributed by atoms with van der Waals surface area (Å²) in [4.78, 5) is 79.6. The molecule has 15 heteroatoms. The van der Waals surface area contributed by atoms with Crippen LogP contribution in [-0.4, -0.2) is 107 Å². The van der Waals surface area contributed by atoms with Gasteiger partial charge in [-0.05, 0) is 23.5 Å². The van der Waals surface area contributed by atoms with E-state index < -0.39 is 91.3 Å². The van der Waals surface area contributed by atoms with E-state index in [1.54, 1.807) is 67.6 Å². The standard InChI is InChI=1S/C32H42N6O9/c1-19(12-13-39)27-32(47)36-23(15-21-10-6-3-7-11-21)29(44)35-22(14-20-8-4-2-5-9-20)30(45)37-24(17-40)28(43)33-16-26(42)34-25(18-41)31(46)38-27/h2-11,19,22-25,27,39-41H,12-18H2,1H3,(H,33,43)(H,34,42)(H,35,44)(H,36,47)(H,37,45)(H,38,46)/t19-,22-,23-,24-,25-,27-/m0/s1. The minimum absolute atomic E-state index is 0.00979. The second-order valence-corrected chi connectivity index (χ2v) is 11.2. The number of carbonyl (C=O) groups excluding carboxylic acids is 6. The fourth-order valence-electron chi connectivity index (χ4n) is 4.94. The lowest BCUT2D eigenvalue weighted by molar-refractivity contribution is -0.137. The highest BCUT2D eigenvalue weighted by atomic mass is 16.3. The molecule has 6 amide bonds. The lowest BCUT2D eigenvalue weighted by Gasteiger charge is -2.29. The Hall–Kier alpha value is -4.86. The monoisotopic (exact) mass is 654 g/mol. The third kappa shape index (κ3) is 11.2. The molecule has 0 aliphatic carbocycles. The first kappa shape index (κ1) is 36.6. The molecule has 0 bridgehead atoms. The van der Waals surface area contributed by atoms with Gasteiger partial charge in [0.15, 0.2) is 0 Å². The van der Waals surface area contributed by atoms with E-state index in [1.165, 1.54) is 0 Å². The zero-order valence-electron chi connectivity index (χ0n) is 26.0. The predicted molar refractivity (Wildman–Crippen MR) is 168 cm³/mol. The van der Waals surface area contributed by atoms with E-state index in [0.717, 1.165) is 0 Å². The largest absolute Gasteiger partial charge is 0.396 e. The van der Waals surface area contributed by atoms with Gasteiger partial charge in [0.2, 0.25) is 35.4 Å². The first-order chi connectivity index (χ1) is 22.6. The highest BCUT2D eigenvalue weighted by Crippen LogP contribution is 2.12. The molecular weight excluding hydrogens is 612 g/mol. The van der Waals surface area contributed by atoms with Gasteiger partial charge in [-0.15, -0.1) is 0 Å². The van der Waals surface area contributed by atoms with E-state index >= 15 is 0 Å². The maximum absolute atomic E-state index is 13.9. The Balaban J connectivity index is 2.04. The summed E-state index contributed by atoms with van der Waals surface area (Å²) in [6, 6.07) is 10.6. The van der Waals surface area contributed by atoms with Crippen molar-refractivity contribution in [3.63, 3.8) is 0 Å². The predicted octanol–water partition coefficient (Wildman–Crippen LogP) is -2.97. The molecule has 47 heavy (non-hydrogen) atoms. The Bertz CT molecular complexity index is 1380. The second kappa shape index (κ2) is 18.3. The van der Waals surface area contributed by atoms with Gasteiger partial charge >= 0.3 is 0 Å². The van der Waals surface area contributed by atoms with Gasteiger partial charge in [-0.25, -0.2) is 0 Å². The van der Waals surface area contributed by atoms with Crippen molar-refractivity contribution in [1.82, 2.24) is 31.9 Å². The van der Waals surface area contributed by atoms with Crippen molar-refractivity contribution in [2.75, 3.05) is 26.4 Å². The summed E-state index contributed by atoms with van der Waals surface area (Å²) in [5, 5.41) is 44.0. The first-order valence-electron chi connectivity index (χ1n) is 15.2. The molecule has 2 aromatic carbocycles. The van der Waals surface area contributed by atoms with Crippen LogP contribution in [0.4, 0.5) is 0 Å². The molecule has 0 aromatic heterocycles. The summed E-state index contributed by atoms with van der Waals surface area (Å²) < 4.78 is 0. The molecule has 1 saturated heterocycles. The fraction of sp³-hybridized carbons (Fsp3) is 0.438. The summed E-state index contributed by atoms with van der Waals surface area (Å²) in [6.07, 6.45) is 0.0624. The van der Waals surface area contributed by atoms with Gasteiger partial charge < -0.3 is 47.2 Å². The van der Waals surface area contributed by atoms with Crippen molar-refractivity contribution in [1.29, 1.82) is 0 Å². The number of amides is 6. The zero-order chi connectivity index (χ0) is 34.3. The molecule has 1 aliphatic rings. The molecule has 3 rings (SSSR count). The van der Waals surface area contributed by atoms with Crippen LogP contribution < -0.4 is 31.9 Å². The lowest BCUT2D eigenvalue weighted by atomic mass is 9.96. The number of hydrogen-bond donors (Lipinski definition) is 9. The van der Waals surface area contributed by atoms with Crippen LogP contribution in [0.25, 0.3) is 0 Å². The van der Waals surface area contributed by atoms with Crippen LogP contribution in [-0.2, 0) is 41.6 Å². The van der Waals surface area contributed by atoms with E-state index in [-0.39, 0.29) is 25.9 Å². The molecule has 1 aliphatic heterocycles. The minimum Gasteiger partial charge on any atom is -0.396 e. The van der Waals surface area contributed by atoms with Crippen molar-refractivity contribution in [3.05, 3.63) is 71.8 Å². The third-order valence-electron chi connectivity index (χ3n) is 7.64. The van der Waals surface area contributed by atoms with Crippen molar-refractivity contribution < 1.29 is 44.1 Å². The average Bonchev–Trinajstić information content (AvgIpc) is 3.07.